The highest BCUT2D eigenvalue weighted by Crippen LogP contribution is 2.41. The molecule has 3 aromatic rings. The highest BCUT2D eigenvalue weighted by molar-refractivity contribution is 5.94. The molecule has 1 fully saturated rings. The van der Waals surface area contributed by atoms with E-state index >= 15 is 0 Å². The van der Waals surface area contributed by atoms with Crippen molar-refractivity contribution in [3.05, 3.63) is 89.2 Å². The number of unbranched alkanes of at least 4 members (excludes halogenated alkanes) is 1. The molecule has 4 rings (SSSR count). The van der Waals surface area contributed by atoms with E-state index < -0.39 is 11.4 Å². The monoisotopic (exact) mass is 556 g/mol. The number of nitrogens with one attached hydrogen (secondary N) is 1. The minimum Gasteiger partial charge on any atom is -0.494 e. The van der Waals surface area contributed by atoms with Crippen LogP contribution >= 0.6 is 0 Å². The maximum absolute atomic E-state index is 12.6. The van der Waals surface area contributed by atoms with Crippen LogP contribution in [0.25, 0.3) is 12.2 Å². The van der Waals surface area contributed by atoms with E-state index in [0.717, 1.165) is 54.8 Å². The van der Waals surface area contributed by atoms with E-state index in [1.54, 1.807) is 0 Å². The van der Waals surface area contributed by atoms with Crippen LogP contribution in [0, 0.1) is 5.41 Å². The summed E-state index contributed by atoms with van der Waals surface area (Å²) < 4.78 is 11.4. The Bertz CT molecular complexity index is 1310. The fourth-order valence-electron chi connectivity index (χ4n) is 5.23. The number of carbonyl (C=O) groups excluding carboxylic acids is 1. The molecule has 0 aliphatic heterocycles. The van der Waals surface area contributed by atoms with Gasteiger partial charge in [0.05, 0.1) is 30.0 Å². The highest BCUT2D eigenvalue weighted by atomic mass is 16.5. The van der Waals surface area contributed by atoms with Gasteiger partial charge in [0, 0.05) is 18.7 Å². The van der Waals surface area contributed by atoms with Gasteiger partial charge in [-0.2, -0.15) is 0 Å². The molecule has 41 heavy (non-hydrogen) atoms. The van der Waals surface area contributed by atoms with Gasteiger partial charge in [0.1, 0.15) is 5.75 Å². The second-order valence-electron chi connectivity index (χ2n) is 10.6. The lowest BCUT2D eigenvalue weighted by atomic mass is 9.82. The van der Waals surface area contributed by atoms with E-state index in [2.05, 4.69) is 22.4 Å². The first-order chi connectivity index (χ1) is 20.0. The molecule has 0 radical (unpaired) electrons. The molecule has 7 nitrogen and oxygen atoms in total. The third kappa shape index (κ3) is 9.29. The number of benzene rings is 2. The number of aryl methyl sites for hydroxylation is 1. The minimum atomic E-state index is -0.932. The zero-order valence-electron chi connectivity index (χ0n) is 23.8. The van der Waals surface area contributed by atoms with Gasteiger partial charge >= 0.3 is 5.97 Å². The highest BCUT2D eigenvalue weighted by Gasteiger charge is 2.42. The van der Waals surface area contributed by atoms with E-state index in [4.69, 9.17) is 9.47 Å². The fraction of sp³-hybridized carbons (Fsp3) is 0.382. The zero-order chi connectivity index (χ0) is 28.9. The summed E-state index contributed by atoms with van der Waals surface area (Å²) in [6, 6.07) is 21.6. The predicted molar refractivity (Wildman–Crippen MR) is 162 cm³/mol. The van der Waals surface area contributed by atoms with E-state index in [1.807, 2.05) is 73.7 Å². The zero-order valence-corrected chi connectivity index (χ0v) is 23.8. The number of hydrogen-bond acceptors (Lipinski definition) is 5. The molecule has 2 aromatic carbocycles. The molecule has 0 saturated heterocycles. The maximum Gasteiger partial charge on any atom is 0.310 e. The van der Waals surface area contributed by atoms with Crippen LogP contribution in [0.5, 0.6) is 5.75 Å². The molecule has 7 heteroatoms. The lowest BCUT2D eigenvalue weighted by Gasteiger charge is -2.22. The molecule has 1 heterocycles. The number of anilines is 1. The largest absolute Gasteiger partial charge is 0.494 e. The summed E-state index contributed by atoms with van der Waals surface area (Å²) in [4.78, 5) is 29.1. The first-order valence-corrected chi connectivity index (χ1v) is 14.5. The number of amides is 1. The molecule has 1 saturated carbocycles. The Balaban J connectivity index is 1.21. The molecule has 216 valence electrons. The molecule has 1 aliphatic rings. The van der Waals surface area contributed by atoms with Crippen molar-refractivity contribution in [2.75, 3.05) is 18.5 Å². The van der Waals surface area contributed by atoms with Gasteiger partial charge in [-0.25, -0.2) is 0 Å². The Kier molecular flexibility index (Phi) is 11.1. The van der Waals surface area contributed by atoms with Crippen LogP contribution in [-0.2, 0) is 27.4 Å². The number of aliphatic carboxylic acids is 1. The summed E-state index contributed by atoms with van der Waals surface area (Å²) in [6.07, 6.45) is 9.76. The number of carboxylic acids is 1. The lowest BCUT2D eigenvalue weighted by molar-refractivity contribution is -0.150. The maximum atomic E-state index is 12.6. The van der Waals surface area contributed by atoms with Crippen LogP contribution in [0.3, 0.4) is 0 Å². The number of carboxylic acid groups (broad SMARTS) is 1. The SMILES string of the molecule is CCOc1ccc(CCCCOCc2cccc(C=Cc3cccc(NC(=O)CC4(C(=O)O)CCCC4)c3)n2)cc1. The van der Waals surface area contributed by atoms with E-state index in [-0.39, 0.29) is 12.3 Å². The Hall–Kier alpha value is -3.97. The molecule has 1 aliphatic carbocycles. The third-order valence-corrected chi connectivity index (χ3v) is 7.45. The number of ether oxygens (including phenoxy) is 2. The number of nitrogens with zero attached hydrogens (tertiary/aromatic N) is 1. The van der Waals surface area contributed by atoms with Gasteiger partial charge in [-0.3, -0.25) is 14.6 Å². The normalized spacial score (nSPS) is 14.3. The van der Waals surface area contributed by atoms with Crippen molar-refractivity contribution < 1.29 is 24.2 Å². The van der Waals surface area contributed by atoms with Crippen LogP contribution in [-0.4, -0.2) is 35.2 Å². The number of pyridine rings is 1. The Morgan fingerprint density at radius 3 is 2.54 bits per heavy atom. The second-order valence-corrected chi connectivity index (χ2v) is 10.6. The molecule has 2 N–H and O–H groups in total. The molecular formula is C34H40N2O5. The fourth-order valence-corrected chi connectivity index (χ4v) is 5.23. The van der Waals surface area contributed by atoms with Crippen molar-refractivity contribution in [2.24, 2.45) is 5.41 Å². The molecule has 0 spiro atoms. The molecule has 1 aromatic heterocycles. The van der Waals surface area contributed by atoms with Crippen molar-refractivity contribution in [1.82, 2.24) is 4.98 Å². The van der Waals surface area contributed by atoms with Gasteiger partial charge in [0.25, 0.3) is 0 Å². The quantitative estimate of drug-likeness (QED) is 0.193. The Labute approximate surface area is 242 Å². The van der Waals surface area contributed by atoms with Crippen molar-refractivity contribution >= 4 is 29.7 Å². The molecule has 0 atom stereocenters. The topological polar surface area (TPSA) is 97.8 Å². The second kappa shape index (κ2) is 15.1. The first-order valence-electron chi connectivity index (χ1n) is 14.5. The lowest BCUT2D eigenvalue weighted by Crippen LogP contribution is -2.32. The average molecular weight is 557 g/mol. The average Bonchev–Trinajstić information content (AvgIpc) is 3.45. The Morgan fingerprint density at radius 1 is 1.00 bits per heavy atom. The smallest absolute Gasteiger partial charge is 0.310 e. The van der Waals surface area contributed by atoms with E-state index in [1.165, 1.54) is 5.56 Å². The summed E-state index contributed by atoms with van der Waals surface area (Å²) in [5.74, 6) is -0.226. The predicted octanol–water partition coefficient (Wildman–Crippen LogP) is 7.16. The van der Waals surface area contributed by atoms with Crippen LogP contribution in [0.4, 0.5) is 5.69 Å². The van der Waals surface area contributed by atoms with Crippen molar-refractivity contribution in [1.29, 1.82) is 0 Å². The van der Waals surface area contributed by atoms with Crippen molar-refractivity contribution in [3.8, 4) is 5.75 Å². The number of rotatable bonds is 15. The van der Waals surface area contributed by atoms with E-state index in [0.29, 0.717) is 38.3 Å². The summed E-state index contributed by atoms with van der Waals surface area (Å²) in [7, 11) is 0. The van der Waals surface area contributed by atoms with Crippen LogP contribution < -0.4 is 10.1 Å². The summed E-state index contributed by atoms with van der Waals surface area (Å²) >= 11 is 0. The van der Waals surface area contributed by atoms with Crippen molar-refractivity contribution in [3.63, 3.8) is 0 Å². The summed E-state index contributed by atoms with van der Waals surface area (Å²) in [5.41, 5.74) is 3.62. The van der Waals surface area contributed by atoms with Gasteiger partial charge in [-0.05, 0) is 92.6 Å². The number of hydrogen-bond donors (Lipinski definition) is 2. The van der Waals surface area contributed by atoms with Crippen LogP contribution in [0.15, 0.2) is 66.7 Å². The molecule has 0 bridgehead atoms. The number of carbonyl (C=O) groups is 2. The Morgan fingerprint density at radius 2 is 1.78 bits per heavy atom. The molecular weight excluding hydrogens is 516 g/mol. The van der Waals surface area contributed by atoms with Gasteiger partial charge < -0.3 is 19.9 Å². The van der Waals surface area contributed by atoms with Gasteiger partial charge in [-0.15, -0.1) is 0 Å². The van der Waals surface area contributed by atoms with Gasteiger partial charge in [0.15, 0.2) is 0 Å². The summed E-state index contributed by atoms with van der Waals surface area (Å²) in [6.45, 7) is 3.81. The summed E-state index contributed by atoms with van der Waals surface area (Å²) in [5, 5.41) is 12.5. The van der Waals surface area contributed by atoms with E-state index in [9.17, 15) is 14.7 Å². The minimum absolute atomic E-state index is 0.00390. The standard InChI is InChI=1S/C34H40N2O5/c1-2-41-31-18-15-26(16-19-31)9-3-6-22-40-25-30-13-8-11-28(35-30)17-14-27-10-7-12-29(23-27)36-32(37)24-34(33(38)39)20-4-5-21-34/h7-8,10-19,23H,2-6,9,20-22,24-25H2,1H3,(H,36,37)(H,38,39). The third-order valence-electron chi connectivity index (χ3n) is 7.45. The van der Waals surface area contributed by atoms with Crippen LogP contribution in [0.2, 0.25) is 0 Å². The number of aromatic nitrogens is 1. The van der Waals surface area contributed by atoms with Crippen LogP contribution in [0.1, 0.15) is 74.4 Å². The molecule has 1 amide bonds. The first kappa shape index (κ1) is 30.0. The van der Waals surface area contributed by atoms with Gasteiger partial charge in [0.2, 0.25) is 5.91 Å². The van der Waals surface area contributed by atoms with Crippen molar-refractivity contribution in [2.45, 2.75) is 64.9 Å². The molecule has 0 unspecified atom stereocenters. The van der Waals surface area contributed by atoms with Gasteiger partial charge in [-0.1, -0.05) is 49.2 Å².